The van der Waals surface area contributed by atoms with Gasteiger partial charge >= 0.3 is 0 Å². The molecule has 0 bridgehead atoms. The maximum absolute atomic E-state index is 6.29. The molecule has 0 aliphatic heterocycles. The number of hydrogen-bond donors (Lipinski definition) is 1. The lowest BCUT2D eigenvalue weighted by Crippen LogP contribution is -2.25. The van der Waals surface area contributed by atoms with Gasteiger partial charge in [-0.2, -0.15) is 0 Å². The van der Waals surface area contributed by atoms with E-state index in [1.807, 2.05) is 24.4 Å². The zero-order chi connectivity index (χ0) is 15.4. The van der Waals surface area contributed by atoms with Crippen LogP contribution in [0.3, 0.4) is 0 Å². The number of hydrogen-bond acceptors (Lipinski definition) is 2. The van der Waals surface area contributed by atoms with Gasteiger partial charge in [-0.1, -0.05) is 42.3 Å². The van der Waals surface area contributed by atoms with E-state index in [4.69, 9.17) is 23.2 Å². The molecule has 0 saturated heterocycles. The minimum Gasteiger partial charge on any atom is -0.309 e. The first-order chi connectivity index (χ1) is 10.0. The van der Waals surface area contributed by atoms with E-state index in [2.05, 4.69) is 37.1 Å². The third-order valence-electron chi connectivity index (χ3n) is 3.51. The van der Waals surface area contributed by atoms with Gasteiger partial charge in [0.15, 0.2) is 0 Å². The van der Waals surface area contributed by atoms with Crippen LogP contribution in [0.2, 0.25) is 10.0 Å². The average molecular weight is 323 g/mol. The zero-order valence-corrected chi connectivity index (χ0v) is 14.1. The third-order valence-corrected chi connectivity index (χ3v) is 4.21. The molecule has 0 saturated carbocycles. The SMILES string of the molecule is CCNC(Cc1c(Cl)cccc1Cl)c1ncc(C)cc1C. The van der Waals surface area contributed by atoms with Crippen LogP contribution in [0.25, 0.3) is 0 Å². The highest BCUT2D eigenvalue weighted by Crippen LogP contribution is 2.29. The molecule has 4 heteroatoms. The summed E-state index contributed by atoms with van der Waals surface area (Å²) in [4.78, 5) is 4.60. The predicted molar refractivity (Wildman–Crippen MR) is 90.3 cm³/mol. The van der Waals surface area contributed by atoms with Crippen LogP contribution in [0.15, 0.2) is 30.5 Å². The first-order valence-corrected chi connectivity index (χ1v) is 7.88. The van der Waals surface area contributed by atoms with Crippen molar-refractivity contribution in [3.05, 3.63) is 62.9 Å². The van der Waals surface area contributed by atoms with Crippen molar-refractivity contribution in [1.82, 2.24) is 10.3 Å². The molecule has 1 unspecified atom stereocenters. The van der Waals surface area contributed by atoms with Crippen molar-refractivity contribution in [2.75, 3.05) is 6.54 Å². The number of nitrogens with zero attached hydrogens (tertiary/aromatic N) is 1. The maximum Gasteiger partial charge on any atom is 0.0605 e. The maximum atomic E-state index is 6.29. The Labute approximate surface area is 136 Å². The van der Waals surface area contributed by atoms with Gasteiger partial charge in [0, 0.05) is 16.2 Å². The Morgan fingerprint density at radius 2 is 1.86 bits per heavy atom. The zero-order valence-electron chi connectivity index (χ0n) is 12.6. The Morgan fingerprint density at radius 1 is 1.19 bits per heavy atom. The fourth-order valence-corrected chi connectivity index (χ4v) is 3.09. The van der Waals surface area contributed by atoms with Crippen molar-refractivity contribution in [2.24, 2.45) is 0 Å². The van der Waals surface area contributed by atoms with E-state index in [1.165, 1.54) is 11.1 Å². The number of rotatable bonds is 5. The second kappa shape index (κ2) is 7.26. The second-order valence-corrected chi connectivity index (χ2v) is 6.04. The van der Waals surface area contributed by atoms with Crippen molar-refractivity contribution >= 4 is 23.2 Å². The standard InChI is InChI=1S/C17H20Cl2N2/c1-4-20-16(17-12(3)8-11(2)10-21-17)9-13-14(18)6-5-7-15(13)19/h5-8,10,16,20H,4,9H2,1-3H3. The third kappa shape index (κ3) is 3.97. The summed E-state index contributed by atoms with van der Waals surface area (Å²) in [5, 5.41) is 4.89. The Morgan fingerprint density at radius 3 is 2.43 bits per heavy atom. The largest absolute Gasteiger partial charge is 0.309 e. The summed E-state index contributed by atoms with van der Waals surface area (Å²) in [7, 11) is 0. The van der Waals surface area contributed by atoms with Crippen LogP contribution < -0.4 is 5.32 Å². The lowest BCUT2D eigenvalue weighted by molar-refractivity contribution is 0.534. The van der Waals surface area contributed by atoms with Gasteiger partial charge in [0.25, 0.3) is 0 Å². The number of aryl methyl sites for hydroxylation is 2. The van der Waals surface area contributed by atoms with Gasteiger partial charge in [-0.05, 0) is 55.6 Å². The normalized spacial score (nSPS) is 12.4. The number of aromatic nitrogens is 1. The van der Waals surface area contributed by atoms with Crippen molar-refractivity contribution < 1.29 is 0 Å². The van der Waals surface area contributed by atoms with E-state index in [9.17, 15) is 0 Å². The summed E-state index contributed by atoms with van der Waals surface area (Å²) < 4.78 is 0. The van der Waals surface area contributed by atoms with E-state index >= 15 is 0 Å². The van der Waals surface area contributed by atoms with Crippen LogP contribution in [0.4, 0.5) is 0 Å². The number of benzene rings is 1. The lowest BCUT2D eigenvalue weighted by Gasteiger charge is -2.21. The molecule has 2 nitrogen and oxygen atoms in total. The molecule has 2 aromatic rings. The van der Waals surface area contributed by atoms with Crippen molar-refractivity contribution in [1.29, 1.82) is 0 Å². The molecule has 0 aliphatic rings. The van der Waals surface area contributed by atoms with E-state index in [0.29, 0.717) is 10.0 Å². The molecule has 1 N–H and O–H groups in total. The van der Waals surface area contributed by atoms with E-state index < -0.39 is 0 Å². The van der Waals surface area contributed by atoms with Gasteiger partial charge in [0.2, 0.25) is 0 Å². The Kier molecular flexibility index (Phi) is 5.63. The molecule has 1 atom stereocenters. The fraction of sp³-hybridized carbons (Fsp3) is 0.353. The van der Waals surface area contributed by atoms with Crippen molar-refractivity contribution in [2.45, 2.75) is 33.2 Å². The lowest BCUT2D eigenvalue weighted by atomic mass is 9.99. The van der Waals surface area contributed by atoms with Gasteiger partial charge in [0.05, 0.1) is 11.7 Å². The van der Waals surface area contributed by atoms with E-state index in [1.54, 1.807) is 0 Å². The molecule has 1 heterocycles. The first-order valence-electron chi connectivity index (χ1n) is 7.12. The van der Waals surface area contributed by atoms with Gasteiger partial charge in [0.1, 0.15) is 0 Å². The van der Waals surface area contributed by atoms with Crippen LogP contribution in [0.1, 0.15) is 35.3 Å². The second-order valence-electron chi connectivity index (χ2n) is 5.23. The monoisotopic (exact) mass is 322 g/mol. The van der Waals surface area contributed by atoms with Crippen LogP contribution in [-0.2, 0) is 6.42 Å². The molecule has 2 rings (SSSR count). The van der Waals surface area contributed by atoms with Crippen molar-refractivity contribution in [3.8, 4) is 0 Å². The Bertz CT molecular complexity index is 606. The van der Waals surface area contributed by atoms with Crippen LogP contribution in [0.5, 0.6) is 0 Å². The van der Waals surface area contributed by atoms with Crippen LogP contribution >= 0.6 is 23.2 Å². The minimum absolute atomic E-state index is 0.105. The summed E-state index contributed by atoms with van der Waals surface area (Å²) in [6.45, 7) is 7.09. The molecule has 21 heavy (non-hydrogen) atoms. The van der Waals surface area contributed by atoms with Gasteiger partial charge in [-0.3, -0.25) is 4.98 Å². The quantitative estimate of drug-likeness (QED) is 0.846. The number of nitrogens with one attached hydrogen (secondary N) is 1. The highest BCUT2D eigenvalue weighted by Gasteiger charge is 2.18. The topological polar surface area (TPSA) is 24.9 Å². The fourth-order valence-electron chi connectivity index (χ4n) is 2.53. The molecule has 1 aromatic heterocycles. The highest BCUT2D eigenvalue weighted by molar-refractivity contribution is 6.36. The van der Waals surface area contributed by atoms with Crippen LogP contribution in [-0.4, -0.2) is 11.5 Å². The Balaban J connectivity index is 2.35. The van der Waals surface area contributed by atoms with Gasteiger partial charge in [-0.25, -0.2) is 0 Å². The molecular formula is C17H20Cl2N2. The molecule has 0 radical (unpaired) electrons. The van der Waals surface area contributed by atoms with Gasteiger partial charge < -0.3 is 5.32 Å². The van der Waals surface area contributed by atoms with E-state index in [-0.39, 0.29) is 6.04 Å². The number of halogens is 2. The summed E-state index contributed by atoms with van der Waals surface area (Å²) in [5.41, 5.74) is 4.37. The number of likely N-dealkylation sites (N-methyl/N-ethyl adjacent to an activating group) is 1. The van der Waals surface area contributed by atoms with E-state index in [0.717, 1.165) is 24.2 Å². The summed E-state index contributed by atoms with van der Waals surface area (Å²) in [5.74, 6) is 0. The van der Waals surface area contributed by atoms with Crippen molar-refractivity contribution in [3.63, 3.8) is 0 Å². The smallest absolute Gasteiger partial charge is 0.0605 e. The number of pyridine rings is 1. The summed E-state index contributed by atoms with van der Waals surface area (Å²) in [6, 6.07) is 7.88. The molecular weight excluding hydrogens is 303 g/mol. The van der Waals surface area contributed by atoms with Gasteiger partial charge in [-0.15, -0.1) is 0 Å². The predicted octanol–water partition coefficient (Wildman–Crippen LogP) is 4.90. The highest BCUT2D eigenvalue weighted by atomic mass is 35.5. The minimum atomic E-state index is 0.105. The molecule has 0 aliphatic carbocycles. The molecule has 112 valence electrons. The first kappa shape index (κ1) is 16.3. The average Bonchev–Trinajstić information content (AvgIpc) is 2.42. The molecule has 0 fully saturated rings. The summed E-state index contributed by atoms with van der Waals surface area (Å²) >= 11 is 12.6. The molecule has 1 aromatic carbocycles. The Hall–Kier alpha value is -1.09. The molecule has 0 spiro atoms. The van der Waals surface area contributed by atoms with Crippen LogP contribution in [0, 0.1) is 13.8 Å². The molecule has 0 amide bonds. The summed E-state index contributed by atoms with van der Waals surface area (Å²) in [6.07, 6.45) is 2.63.